The Balaban J connectivity index is 3.09. The molecular weight excluding hydrogens is 207 g/mol. The molecule has 0 heterocycles. The molecule has 0 radical (unpaired) electrons. The van der Waals surface area contributed by atoms with E-state index in [0.29, 0.717) is 0 Å². The molecule has 0 saturated heterocycles. The van der Waals surface area contributed by atoms with Crippen molar-refractivity contribution in [2.45, 2.75) is 6.61 Å². The largest absolute Gasteiger partial charge is 0.433 e. The van der Waals surface area contributed by atoms with Crippen LogP contribution in [-0.4, -0.2) is 6.61 Å². The molecule has 0 spiro atoms. The fraction of sp³-hybridized carbons (Fsp3) is 0.100. The van der Waals surface area contributed by atoms with Gasteiger partial charge in [0.15, 0.2) is 6.07 Å². The van der Waals surface area contributed by atoms with Crippen molar-refractivity contribution in [3.8, 4) is 23.7 Å². The van der Waals surface area contributed by atoms with Gasteiger partial charge in [-0.3, -0.25) is 0 Å². The Morgan fingerprint density at radius 3 is 2.67 bits per heavy atom. The van der Waals surface area contributed by atoms with Crippen LogP contribution in [0.4, 0.5) is 13.2 Å². The van der Waals surface area contributed by atoms with Crippen LogP contribution in [0.3, 0.4) is 0 Å². The molecule has 1 rings (SSSR count). The predicted molar refractivity (Wildman–Crippen MR) is 45.5 cm³/mol. The minimum absolute atomic E-state index is 0.0400. The van der Waals surface area contributed by atoms with Crippen molar-refractivity contribution in [1.82, 2.24) is 0 Å². The van der Waals surface area contributed by atoms with Gasteiger partial charge in [-0.2, -0.15) is 14.0 Å². The lowest BCUT2D eigenvalue weighted by atomic mass is 10.2. The van der Waals surface area contributed by atoms with E-state index in [1.54, 1.807) is 0 Å². The van der Waals surface area contributed by atoms with Gasteiger partial charge in [-0.05, 0) is 18.1 Å². The lowest BCUT2D eigenvalue weighted by Gasteiger charge is -2.06. The smallest absolute Gasteiger partial charge is 0.387 e. The lowest BCUT2D eigenvalue weighted by molar-refractivity contribution is -0.0501. The maximum absolute atomic E-state index is 12.7. The molecule has 15 heavy (non-hydrogen) atoms. The molecule has 0 aliphatic rings. The summed E-state index contributed by atoms with van der Waals surface area (Å²) in [4.78, 5) is 0. The molecular formula is C10H4F3NO. The van der Waals surface area contributed by atoms with E-state index in [-0.39, 0.29) is 11.3 Å². The molecule has 0 aromatic heterocycles. The van der Waals surface area contributed by atoms with Gasteiger partial charge in [0.2, 0.25) is 0 Å². The Morgan fingerprint density at radius 2 is 2.07 bits per heavy atom. The highest BCUT2D eigenvalue weighted by Gasteiger charge is 2.09. The normalized spacial score (nSPS) is 9.00. The highest BCUT2D eigenvalue weighted by Crippen LogP contribution is 2.20. The van der Waals surface area contributed by atoms with E-state index in [9.17, 15) is 13.2 Å². The lowest BCUT2D eigenvalue weighted by Crippen LogP contribution is -2.03. The summed E-state index contributed by atoms with van der Waals surface area (Å²) in [6.07, 6.45) is 0. The Hall–Kier alpha value is -2.14. The third-order valence-corrected chi connectivity index (χ3v) is 1.41. The number of halogens is 3. The second-order valence-electron chi connectivity index (χ2n) is 2.38. The first-order chi connectivity index (χ1) is 7.13. The summed E-state index contributed by atoms with van der Waals surface area (Å²) in [6.45, 7) is -3.06. The standard InChI is InChI=1S/C10H4F3NO/c11-8-4-3-7(2-1-5-14)9(6-8)15-10(12)13/h3-4,6,10H. The van der Waals surface area contributed by atoms with Gasteiger partial charge >= 0.3 is 6.61 Å². The topological polar surface area (TPSA) is 33.0 Å². The first-order valence-corrected chi connectivity index (χ1v) is 3.78. The van der Waals surface area contributed by atoms with Crippen LogP contribution in [0.2, 0.25) is 0 Å². The van der Waals surface area contributed by atoms with Gasteiger partial charge in [0.05, 0.1) is 5.56 Å². The van der Waals surface area contributed by atoms with Crippen molar-refractivity contribution in [3.63, 3.8) is 0 Å². The molecule has 0 unspecified atom stereocenters. The van der Waals surface area contributed by atoms with Crippen LogP contribution >= 0.6 is 0 Å². The molecule has 0 atom stereocenters. The summed E-state index contributed by atoms with van der Waals surface area (Å²) in [5.41, 5.74) is 0.0400. The Morgan fingerprint density at radius 1 is 1.33 bits per heavy atom. The van der Waals surface area contributed by atoms with Gasteiger partial charge in [0.25, 0.3) is 0 Å². The van der Waals surface area contributed by atoms with E-state index in [2.05, 4.69) is 10.7 Å². The number of nitriles is 1. The first-order valence-electron chi connectivity index (χ1n) is 3.78. The minimum Gasteiger partial charge on any atom is -0.433 e. The fourth-order valence-corrected chi connectivity index (χ4v) is 0.888. The van der Waals surface area contributed by atoms with Gasteiger partial charge in [0.1, 0.15) is 11.6 Å². The molecule has 0 amide bonds. The van der Waals surface area contributed by atoms with E-state index in [1.165, 1.54) is 6.07 Å². The Bertz CT molecular complexity index is 454. The van der Waals surface area contributed by atoms with Gasteiger partial charge in [-0.15, -0.1) is 0 Å². The monoisotopic (exact) mass is 211 g/mol. The molecule has 1 aromatic rings. The summed E-state index contributed by atoms with van der Waals surface area (Å²) in [5, 5.41) is 8.17. The van der Waals surface area contributed by atoms with Crippen molar-refractivity contribution < 1.29 is 17.9 Å². The van der Waals surface area contributed by atoms with Crippen LogP contribution in [0.5, 0.6) is 5.75 Å². The molecule has 0 fully saturated rings. The SMILES string of the molecule is N#CC#Cc1ccc(F)cc1OC(F)F. The second kappa shape index (κ2) is 4.92. The molecule has 1 aromatic carbocycles. The number of hydrogen-bond donors (Lipinski definition) is 0. The number of ether oxygens (including phenoxy) is 1. The number of rotatable bonds is 2. The second-order valence-corrected chi connectivity index (χ2v) is 2.38. The molecule has 0 N–H and O–H groups in total. The van der Waals surface area contributed by atoms with Crippen LogP contribution < -0.4 is 4.74 Å². The summed E-state index contributed by atoms with van der Waals surface area (Å²) in [7, 11) is 0. The maximum Gasteiger partial charge on any atom is 0.387 e. The molecule has 0 bridgehead atoms. The third-order valence-electron chi connectivity index (χ3n) is 1.41. The van der Waals surface area contributed by atoms with Crippen molar-refractivity contribution in [3.05, 3.63) is 29.6 Å². The van der Waals surface area contributed by atoms with Crippen molar-refractivity contribution in [1.29, 1.82) is 5.26 Å². The van der Waals surface area contributed by atoms with Gasteiger partial charge in [0, 0.05) is 12.0 Å². The zero-order chi connectivity index (χ0) is 11.3. The molecule has 0 saturated carbocycles. The van der Waals surface area contributed by atoms with Crippen molar-refractivity contribution in [2.75, 3.05) is 0 Å². The Kier molecular flexibility index (Phi) is 3.59. The number of benzene rings is 1. The van der Waals surface area contributed by atoms with Gasteiger partial charge in [-0.1, -0.05) is 0 Å². The highest BCUT2D eigenvalue weighted by molar-refractivity contribution is 5.47. The fourth-order valence-electron chi connectivity index (χ4n) is 0.888. The molecule has 76 valence electrons. The minimum atomic E-state index is -3.06. The summed E-state index contributed by atoms with van der Waals surface area (Å²) < 4.78 is 40.5. The van der Waals surface area contributed by atoms with Crippen LogP contribution in [0.15, 0.2) is 18.2 Å². The van der Waals surface area contributed by atoms with Crippen molar-refractivity contribution in [2.24, 2.45) is 0 Å². The van der Waals surface area contributed by atoms with E-state index in [4.69, 9.17) is 5.26 Å². The third kappa shape index (κ3) is 3.24. The molecule has 0 aliphatic carbocycles. The van der Waals surface area contributed by atoms with Crippen LogP contribution in [0.25, 0.3) is 0 Å². The highest BCUT2D eigenvalue weighted by atomic mass is 19.3. The number of alkyl halides is 2. The number of hydrogen-bond acceptors (Lipinski definition) is 2. The van der Waals surface area contributed by atoms with E-state index < -0.39 is 12.4 Å². The summed E-state index contributed by atoms with van der Waals surface area (Å²) in [6, 6.07) is 4.50. The van der Waals surface area contributed by atoms with E-state index in [0.717, 1.165) is 18.2 Å². The van der Waals surface area contributed by atoms with Gasteiger partial charge < -0.3 is 4.74 Å². The summed E-state index contributed by atoms with van der Waals surface area (Å²) in [5.74, 6) is 3.17. The number of nitrogens with zero attached hydrogens (tertiary/aromatic N) is 1. The first kappa shape index (κ1) is 10.9. The maximum atomic E-state index is 12.7. The van der Waals surface area contributed by atoms with Gasteiger partial charge in [-0.25, -0.2) is 4.39 Å². The van der Waals surface area contributed by atoms with Crippen molar-refractivity contribution >= 4 is 0 Å². The van der Waals surface area contributed by atoms with Crippen LogP contribution in [0.1, 0.15) is 5.56 Å². The zero-order valence-electron chi connectivity index (χ0n) is 7.30. The Labute approximate surface area is 83.9 Å². The van der Waals surface area contributed by atoms with Crippen LogP contribution in [-0.2, 0) is 0 Å². The zero-order valence-corrected chi connectivity index (χ0v) is 7.30. The average molecular weight is 211 g/mol. The molecule has 2 nitrogen and oxygen atoms in total. The quantitative estimate of drug-likeness (QED) is 0.703. The predicted octanol–water partition coefficient (Wildman–Crippen LogP) is 2.30. The summed E-state index contributed by atoms with van der Waals surface area (Å²) >= 11 is 0. The average Bonchev–Trinajstić information content (AvgIpc) is 2.16. The van der Waals surface area contributed by atoms with E-state index >= 15 is 0 Å². The molecule has 0 aliphatic heterocycles. The van der Waals surface area contributed by atoms with Crippen LogP contribution in [0, 0.1) is 29.0 Å². The van der Waals surface area contributed by atoms with E-state index in [1.807, 2.05) is 5.92 Å². The molecule has 5 heteroatoms.